The second kappa shape index (κ2) is 6.92. The highest BCUT2D eigenvalue weighted by molar-refractivity contribution is 5.63. The van der Waals surface area contributed by atoms with E-state index in [1.807, 2.05) is 0 Å². The number of benzene rings is 1. The molecule has 10 heteroatoms. The molecule has 0 aliphatic carbocycles. The smallest absolute Gasteiger partial charge is 0.352 e. The molecule has 10 nitrogen and oxygen atoms in total. The van der Waals surface area contributed by atoms with Gasteiger partial charge in [-0.2, -0.15) is 10.1 Å². The maximum Gasteiger partial charge on any atom is 0.352 e. The third kappa shape index (κ3) is 2.90. The predicted octanol–water partition coefficient (Wildman–Crippen LogP) is -0.487. The van der Waals surface area contributed by atoms with Crippen LogP contribution >= 0.6 is 0 Å². The Balaban J connectivity index is 2.29. The summed E-state index contributed by atoms with van der Waals surface area (Å²) in [6, 6.07) is 5.07. The lowest BCUT2D eigenvalue weighted by molar-refractivity contribution is 0.268. The Bertz CT molecular complexity index is 1040. The van der Waals surface area contributed by atoms with Crippen LogP contribution in [-0.4, -0.2) is 50.2 Å². The van der Waals surface area contributed by atoms with Gasteiger partial charge in [0.25, 0.3) is 5.56 Å². The Morgan fingerprint density at radius 3 is 2.50 bits per heavy atom. The molecule has 0 aromatic heterocycles. The van der Waals surface area contributed by atoms with Gasteiger partial charge < -0.3 is 14.6 Å². The number of nitrogens with zero attached hydrogens (tertiary/aromatic N) is 5. The first-order valence-electron chi connectivity index (χ1n) is 7.69. The van der Waals surface area contributed by atoms with Crippen LogP contribution in [0.15, 0.2) is 27.8 Å². The summed E-state index contributed by atoms with van der Waals surface area (Å²) in [7, 11) is 4.35. The molecular weight excluding hydrogens is 342 g/mol. The number of aliphatic hydroxyl groups is 1. The summed E-state index contributed by atoms with van der Waals surface area (Å²) in [5.74, 6) is 1.26. The van der Waals surface area contributed by atoms with Crippen molar-refractivity contribution in [1.82, 2.24) is 24.3 Å². The topological polar surface area (TPSA) is 121 Å². The van der Waals surface area contributed by atoms with E-state index in [0.29, 0.717) is 17.1 Å². The Kier molecular flexibility index (Phi) is 4.67. The molecule has 1 N–H and O–H groups in total. The lowest BCUT2D eigenvalue weighted by atomic mass is 10.2. The lowest BCUT2D eigenvalue weighted by Crippen LogP contribution is -2.37. The summed E-state index contributed by atoms with van der Waals surface area (Å²) in [6.07, 6.45) is 0. The van der Waals surface area contributed by atoms with Crippen molar-refractivity contribution in [2.24, 2.45) is 7.05 Å². The number of ether oxygens (including phenoxy) is 2. The molecule has 0 atom stereocenters. The molecule has 3 rings (SSSR count). The van der Waals surface area contributed by atoms with Crippen molar-refractivity contribution in [2.45, 2.75) is 6.54 Å². The average Bonchev–Trinajstić information content (AvgIpc) is 2.66. The summed E-state index contributed by atoms with van der Waals surface area (Å²) >= 11 is 0. The Morgan fingerprint density at radius 1 is 1.12 bits per heavy atom. The van der Waals surface area contributed by atoms with Gasteiger partial charge in [-0.05, 0) is 18.2 Å². The van der Waals surface area contributed by atoms with Crippen molar-refractivity contribution in [2.75, 3.05) is 20.8 Å². The second-order valence-corrected chi connectivity index (χ2v) is 5.38. The second-order valence-electron chi connectivity index (χ2n) is 5.38. The van der Waals surface area contributed by atoms with E-state index in [9.17, 15) is 14.7 Å². The Labute approximate surface area is 147 Å². The number of fused-ring (bicyclic) bond motifs is 1. The minimum atomic E-state index is -0.711. The molecule has 0 radical (unpaired) electrons. The normalized spacial score (nSPS) is 10.9. The molecule has 1 aromatic carbocycles. The van der Waals surface area contributed by atoms with Crippen LogP contribution < -0.4 is 20.7 Å². The first-order valence-corrected chi connectivity index (χ1v) is 7.69. The van der Waals surface area contributed by atoms with Gasteiger partial charge in [0.1, 0.15) is 0 Å². The van der Waals surface area contributed by atoms with Crippen molar-refractivity contribution < 1.29 is 14.6 Å². The fourth-order valence-corrected chi connectivity index (χ4v) is 2.48. The summed E-state index contributed by atoms with van der Waals surface area (Å²) < 4.78 is 12.6. The van der Waals surface area contributed by atoms with E-state index in [4.69, 9.17) is 9.47 Å². The van der Waals surface area contributed by atoms with Crippen LogP contribution in [0.25, 0.3) is 22.9 Å². The quantitative estimate of drug-likeness (QED) is 0.648. The molecule has 136 valence electrons. The molecule has 2 heterocycles. The van der Waals surface area contributed by atoms with Gasteiger partial charge in [0.2, 0.25) is 0 Å². The van der Waals surface area contributed by atoms with Gasteiger partial charge in [0, 0.05) is 12.6 Å². The highest BCUT2D eigenvalue weighted by atomic mass is 16.5. The molecule has 0 spiro atoms. The zero-order chi connectivity index (χ0) is 18.8. The van der Waals surface area contributed by atoms with Crippen molar-refractivity contribution in [3.05, 3.63) is 39.0 Å². The molecule has 0 unspecified atom stereocenters. The van der Waals surface area contributed by atoms with Crippen molar-refractivity contribution in [1.29, 1.82) is 0 Å². The molecule has 2 aliphatic heterocycles. The van der Waals surface area contributed by atoms with Crippen LogP contribution in [0.3, 0.4) is 0 Å². The SMILES string of the molecule is COc1ccc(-c2nc3c(=O)n(C)c(=O)nc-3n(CCO)n2)cc1OC. The minimum absolute atomic E-state index is 0.0136. The van der Waals surface area contributed by atoms with Crippen LogP contribution in [0.2, 0.25) is 0 Å². The summed E-state index contributed by atoms with van der Waals surface area (Å²) in [4.78, 5) is 32.4. The van der Waals surface area contributed by atoms with E-state index in [-0.39, 0.29) is 30.5 Å². The van der Waals surface area contributed by atoms with E-state index in [2.05, 4.69) is 15.1 Å². The van der Waals surface area contributed by atoms with Crippen molar-refractivity contribution >= 4 is 0 Å². The zero-order valence-corrected chi connectivity index (χ0v) is 14.5. The zero-order valence-electron chi connectivity index (χ0n) is 14.5. The fourth-order valence-electron chi connectivity index (χ4n) is 2.48. The van der Waals surface area contributed by atoms with Gasteiger partial charge >= 0.3 is 5.69 Å². The average molecular weight is 359 g/mol. The number of rotatable bonds is 5. The highest BCUT2D eigenvalue weighted by Gasteiger charge is 2.21. The van der Waals surface area contributed by atoms with E-state index in [1.54, 1.807) is 18.2 Å². The number of hydrogen-bond acceptors (Lipinski definition) is 8. The van der Waals surface area contributed by atoms with E-state index < -0.39 is 11.2 Å². The van der Waals surface area contributed by atoms with Crippen molar-refractivity contribution in [3.63, 3.8) is 0 Å². The number of aliphatic hydroxyl groups excluding tert-OH is 1. The molecule has 0 saturated heterocycles. The van der Waals surface area contributed by atoms with Gasteiger partial charge in [0.15, 0.2) is 28.8 Å². The van der Waals surface area contributed by atoms with Gasteiger partial charge in [0.05, 0.1) is 27.4 Å². The van der Waals surface area contributed by atoms with Gasteiger partial charge in [-0.1, -0.05) is 0 Å². The molecule has 0 amide bonds. The summed E-state index contributed by atoms with van der Waals surface area (Å²) in [5, 5.41) is 13.6. The molecule has 0 saturated carbocycles. The third-order valence-corrected chi connectivity index (χ3v) is 3.84. The highest BCUT2D eigenvalue weighted by Crippen LogP contribution is 2.31. The van der Waals surface area contributed by atoms with E-state index in [0.717, 1.165) is 4.57 Å². The summed E-state index contributed by atoms with van der Waals surface area (Å²) in [5.41, 5.74) is -0.739. The fraction of sp³-hybridized carbons (Fsp3) is 0.312. The minimum Gasteiger partial charge on any atom is -0.493 e. The molecule has 1 aromatic rings. The van der Waals surface area contributed by atoms with Crippen LogP contribution in [0.5, 0.6) is 11.5 Å². The van der Waals surface area contributed by atoms with Crippen LogP contribution in [0.1, 0.15) is 0 Å². The first-order chi connectivity index (χ1) is 12.5. The van der Waals surface area contributed by atoms with Crippen molar-refractivity contribution in [3.8, 4) is 34.4 Å². The monoisotopic (exact) mass is 359 g/mol. The third-order valence-electron chi connectivity index (χ3n) is 3.84. The van der Waals surface area contributed by atoms with E-state index in [1.165, 1.54) is 25.9 Å². The standard InChI is InChI=1S/C16H17N5O5/c1-20-15(23)12-14(18-16(20)24)21(6-7-22)19-13(17-12)9-4-5-10(25-2)11(8-9)26-3/h4-5,8,22H,6-7H2,1-3H3. The molecule has 0 fully saturated rings. The predicted molar refractivity (Wildman–Crippen MR) is 91.6 cm³/mol. The van der Waals surface area contributed by atoms with Gasteiger partial charge in [-0.15, -0.1) is 0 Å². The molecular formula is C16H17N5O5. The Hall–Kier alpha value is -3.27. The van der Waals surface area contributed by atoms with Crippen LogP contribution in [0, 0.1) is 0 Å². The van der Waals surface area contributed by atoms with Gasteiger partial charge in [-0.3, -0.25) is 9.36 Å². The van der Waals surface area contributed by atoms with Crippen LogP contribution in [0.4, 0.5) is 0 Å². The molecule has 2 aliphatic rings. The first kappa shape index (κ1) is 17.5. The number of methoxy groups -OCH3 is 2. The maximum absolute atomic E-state index is 12.4. The Morgan fingerprint density at radius 2 is 1.85 bits per heavy atom. The molecule has 26 heavy (non-hydrogen) atoms. The number of hydrogen-bond donors (Lipinski definition) is 1. The number of aromatic nitrogens is 5. The summed E-state index contributed by atoms with van der Waals surface area (Å²) in [6.45, 7) is -0.188. The largest absolute Gasteiger partial charge is 0.493 e. The lowest BCUT2D eigenvalue weighted by Gasteiger charge is -2.14. The van der Waals surface area contributed by atoms with Gasteiger partial charge in [-0.25, -0.2) is 14.5 Å². The van der Waals surface area contributed by atoms with E-state index >= 15 is 0 Å². The van der Waals surface area contributed by atoms with Crippen LogP contribution in [-0.2, 0) is 13.6 Å². The molecule has 0 bridgehead atoms. The maximum atomic E-state index is 12.4.